The molecule has 32 heavy (non-hydrogen) atoms. The summed E-state index contributed by atoms with van der Waals surface area (Å²) in [6, 6.07) is 12.8. The van der Waals surface area contributed by atoms with Crippen molar-refractivity contribution in [2.45, 2.75) is 16.5 Å². The summed E-state index contributed by atoms with van der Waals surface area (Å²) >= 11 is 1.54. The molecule has 1 aliphatic rings. The van der Waals surface area contributed by atoms with Crippen LogP contribution in [0, 0.1) is 5.92 Å². The molecule has 0 saturated carbocycles. The molecule has 3 aromatic rings. The third-order valence-electron chi connectivity index (χ3n) is 5.28. The molecule has 9 heteroatoms. The average Bonchev–Trinajstić information content (AvgIpc) is 3.39. The molecule has 0 radical (unpaired) electrons. The second-order valence-electron chi connectivity index (χ2n) is 7.38. The van der Waals surface area contributed by atoms with Gasteiger partial charge in [0, 0.05) is 49.1 Å². The molecule has 4 rings (SSSR count). The van der Waals surface area contributed by atoms with Crippen molar-refractivity contribution in [3.05, 3.63) is 54.9 Å². The van der Waals surface area contributed by atoms with Crippen LogP contribution in [0.2, 0.25) is 0 Å². The van der Waals surface area contributed by atoms with Crippen LogP contribution in [0.5, 0.6) is 11.5 Å². The number of ether oxygens (including phenoxy) is 2. The number of methoxy groups -OCH3 is 2. The van der Waals surface area contributed by atoms with Crippen LogP contribution in [0.25, 0.3) is 0 Å². The highest BCUT2D eigenvalue weighted by atomic mass is 32.2. The van der Waals surface area contributed by atoms with Crippen LogP contribution in [0.3, 0.4) is 0 Å². The molecule has 1 atom stereocenters. The van der Waals surface area contributed by atoms with E-state index in [1.807, 2.05) is 42.1 Å². The van der Waals surface area contributed by atoms with Gasteiger partial charge in [0.05, 0.1) is 25.8 Å². The topological polar surface area (TPSA) is 85.7 Å². The molecule has 1 N–H and O–H groups in total. The molecule has 166 valence electrons. The summed E-state index contributed by atoms with van der Waals surface area (Å²) in [6.07, 6.45) is 3.79. The lowest BCUT2D eigenvalue weighted by molar-refractivity contribution is -0.122. The molecular weight excluding hydrogens is 428 g/mol. The average molecular weight is 453 g/mol. The number of nitrogens with one attached hydrogen (secondary N) is 1. The van der Waals surface area contributed by atoms with Gasteiger partial charge >= 0.3 is 0 Å². The number of hydrogen-bond acceptors (Lipinski definition) is 6. The van der Waals surface area contributed by atoms with E-state index in [0.717, 1.165) is 10.1 Å². The van der Waals surface area contributed by atoms with E-state index in [-0.39, 0.29) is 24.8 Å². The predicted octanol–water partition coefficient (Wildman–Crippen LogP) is 3.58. The van der Waals surface area contributed by atoms with Crippen molar-refractivity contribution < 1.29 is 19.1 Å². The van der Waals surface area contributed by atoms with Gasteiger partial charge in [-0.15, -0.1) is 0 Å². The van der Waals surface area contributed by atoms with Crippen molar-refractivity contribution in [3.63, 3.8) is 0 Å². The first-order valence-corrected chi connectivity index (χ1v) is 10.9. The van der Waals surface area contributed by atoms with Gasteiger partial charge in [0.15, 0.2) is 5.16 Å². The number of imidazole rings is 1. The number of carbonyl (C=O) groups excluding carboxylic acids is 2. The van der Waals surface area contributed by atoms with Gasteiger partial charge < -0.3 is 24.3 Å². The van der Waals surface area contributed by atoms with Gasteiger partial charge in [-0.05, 0) is 36.4 Å². The van der Waals surface area contributed by atoms with Gasteiger partial charge in [0.1, 0.15) is 11.5 Å². The highest BCUT2D eigenvalue weighted by Crippen LogP contribution is 2.36. The highest BCUT2D eigenvalue weighted by Gasteiger charge is 2.36. The molecule has 2 heterocycles. The van der Waals surface area contributed by atoms with Crippen LogP contribution in [0.1, 0.15) is 6.42 Å². The number of benzene rings is 2. The molecule has 2 aromatic carbocycles. The van der Waals surface area contributed by atoms with E-state index in [0.29, 0.717) is 22.9 Å². The fraction of sp³-hybridized carbons (Fsp3) is 0.261. The predicted molar refractivity (Wildman–Crippen MR) is 122 cm³/mol. The van der Waals surface area contributed by atoms with E-state index in [2.05, 4.69) is 10.3 Å². The van der Waals surface area contributed by atoms with Crippen molar-refractivity contribution in [1.29, 1.82) is 0 Å². The van der Waals surface area contributed by atoms with Crippen LogP contribution in [0.15, 0.2) is 64.9 Å². The number of anilines is 2. The summed E-state index contributed by atoms with van der Waals surface area (Å²) in [4.78, 5) is 32.4. The van der Waals surface area contributed by atoms with Crippen molar-refractivity contribution in [2.75, 3.05) is 31.0 Å². The first kappa shape index (κ1) is 21.8. The summed E-state index contributed by atoms with van der Waals surface area (Å²) in [5.41, 5.74) is 1.28. The molecule has 1 aromatic heterocycles. The minimum atomic E-state index is -0.458. The molecule has 8 nitrogen and oxygen atoms in total. The van der Waals surface area contributed by atoms with Gasteiger partial charge in [-0.1, -0.05) is 11.8 Å². The third kappa shape index (κ3) is 4.57. The first-order chi connectivity index (χ1) is 15.5. The number of carbonyl (C=O) groups is 2. The standard InChI is InChI=1S/C23H24N4O4S/c1-26-11-10-24-23(26)32-18-7-4-16(5-8-18)25-22(29)15-12-21(28)27(14-15)19-13-17(30-2)6-9-20(19)31-3/h4-11,13,15H,12,14H2,1-3H3,(H,25,29). The van der Waals surface area contributed by atoms with Gasteiger partial charge in [0.25, 0.3) is 0 Å². The number of aromatic nitrogens is 2. The summed E-state index contributed by atoms with van der Waals surface area (Å²) < 4.78 is 12.6. The van der Waals surface area contributed by atoms with Crippen LogP contribution in [-0.2, 0) is 16.6 Å². The lowest BCUT2D eigenvalue weighted by atomic mass is 10.1. The Balaban J connectivity index is 1.41. The smallest absolute Gasteiger partial charge is 0.229 e. The van der Waals surface area contributed by atoms with Gasteiger partial charge in [0.2, 0.25) is 11.8 Å². The van der Waals surface area contributed by atoms with E-state index in [1.165, 1.54) is 0 Å². The van der Waals surface area contributed by atoms with Crippen LogP contribution in [0.4, 0.5) is 11.4 Å². The lowest BCUT2D eigenvalue weighted by Crippen LogP contribution is -2.28. The fourth-order valence-corrected chi connectivity index (χ4v) is 4.33. The van der Waals surface area contributed by atoms with Crippen molar-refractivity contribution in [1.82, 2.24) is 9.55 Å². The van der Waals surface area contributed by atoms with Crippen LogP contribution < -0.4 is 19.7 Å². The number of amides is 2. The molecule has 1 unspecified atom stereocenters. The quantitative estimate of drug-likeness (QED) is 0.590. The Hall–Kier alpha value is -3.46. The Labute approximate surface area is 190 Å². The Bertz CT molecular complexity index is 1130. The lowest BCUT2D eigenvalue weighted by Gasteiger charge is -2.20. The molecule has 1 fully saturated rings. The zero-order valence-corrected chi connectivity index (χ0v) is 18.9. The van der Waals surface area contributed by atoms with Gasteiger partial charge in [-0.3, -0.25) is 9.59 Å². The van der Waals surface area contributed by atoms with Gasteiger partial charge in [-0.2, -0.15) is 0 Å². The van der Waals surface area contributed by atoms with E-state index in [9.17, 15) is 9.59 Å². The van der Waals surface area contributed by atoms with Crippen molar-refractivity contribution >= 4 is 35.0 Å². The largest absolute Gasteiger partial charge is 0.497 e. The van der Waals surface area contributed by atoms with E-state index < -0.39 is 5.92 Å². The molecule has 2 amide bonds. The van der Waals surface area contributed by atoms with E-state index in [1.54, 1.807) is 55.3 Å². The monoisotopic (exact) mass is 452 g/mol. The number of rotatable bonds is 7. The summed E-state index contributed by atoms with van der Waals surface area (Å²) in [5, 5.41) is 3.81. The van der Waals surface area contributed by atoms with Crippen LogP contribution in [-0.4, -0.2) is 42.1 Å². The van der Waals surface area contributed by atoms with Crippen molar-refractivity contribution in [3.8, 4) is 11.5 Å². The summed E-state index contributed by atoms with van der Waals surface area (Å²) in [5.74, 6) is 0.400. The Kier molecular flexibility index (Phi) is 6.36. The van der Waals surface area contributed by atoms with E-state index in [4.69, 9.17) is 9.47 Å². The first-order valence-electron chi connectivity index (χ1n) is 10.1. The zero-order valence-electron chi connectivity index (χ0n) is 18.1. The van der Waals surface area contributed by atoms with E-state index >= 15 is 0 Å². The molecule has 0 spiro atoms. The molecular formula is C23H24N4O4S. The highest BCUT2D eigenvalue weighted by molar-refractivity contribution is 7.99. The Morgan fingerprint density at radius 2 is 1.94 bits per heavy atom. The number of aryl methyl sites for hydroxylation is 1. The molecule has 1 aliphatic heterocycles. The Morgan fingerprint density at radius 3 is 2.59 bits per heavy atom. The number of nitrogens with zero attached hydrogens (tertiary/aromatic N) is 3. The van der Waals surface area contributed by atoms with Crippen LogP contribution >= 0.6 is 11.8 Å². The van der Waals surface area contributed by atoms with Gasteiger partial charge in [-0.25, -0.2) is 4.98 Å². The maximum Gasteiger partial charge on any atom is 0.229 e. The fourth-order valence-electron chi connectivity index (χ4n) is 3.53. The SMILES string of the molecule is COc1ccc(OC)c(N2CC(C(=O)Nc3ccc(Sc4nccn4C)cc3)CC2=O)c1. The zero-order chi connectivity index (χ0) is 22.7. The summed E-state index contributed by atoms with van der Waals surface area (Å²) in [7, 11) is 5.05. The minimum absolute atomic E-state index is 0.126. The maximum atomic E-state index is 12.8. The second-order valence-corrected chi connectivity index (χ2v) is 8.42. The molecule has 1 saturated heterocycles. The molecule has 0 bridgehead atoms. The maximum absolute atomic E-state index is 12.8. The minimum Gasteiger partial charge on any atom is -0.497 e. The second kappa shape index (κ2) is 9.35. The third-order valence-corrected chi connectivity index (χ3v) is 6.36. The Morgan fingerprint density at radius 1 is 1.16 bits per heavy atom. The molecule has 0 aliphatic carbocycles. The van der Waals surface area contributed by atoms with Crippen molar-refractivity contribution in [2.24, 2.45) is 13.0 Å². The number of hydrogen-bond donors (Lipinski definition) is 1. The normalized spacial score (nSPS) is 15.7. The summed E-state index contributed by atoms with van der Waals surface area (Å²) in [6.45, 7) is 0.279.